The molecule has 2 rings (SSSR count). The Morgan fingerprint density at radius 1 is 1.50 bits per heavy atom. The molecule has 1 amide bonds. The quantitative estimate of drug-likeness (QED) is 0.878. The van der Waals surface area contributed by atoms with Crippen LogP contribution in [-0.2, 0) is 4.79 Å². The fourth-order valence-corrected chi connectivity index (χ4v) is 1.94. The van der Waals surface area contributed by atoms with E-state index >= 15 is 0 Å². The number of pyridine rings is 1. The topological polar surface area (TPSA) is 54.0 Å². The molecular formula is C12H19Cl2N3O. The molecule has 102 valence electrons. The Labute approximate surface area is 120 Å². The zero-order valence-corrected chi connectivity index (χ0v) is 11.9. The summed E-state index contributed by atoms with van der Waals surface area (Å²) in [4.78, 5) is 16.0. The maximum absolute atomic E-state index is 11.9. The van der Waals surface area contributed by atoms with Gasteiger partial charge >= 0.3 is 0 Å². The molecule has 1 atom stereocenters. The Hall–Kier alpha value is -0.840. The van der Waals surface area contributed by atoms with Crippen LogP contribution in [0.2, 0.25) is 0 Å². The molecule has 1 aliphatic rings. The third kappa shape index (κ3) is 4.80. The Bertz CT molecular complexity index is 381. The standard InChI is InChI=1S/C12H17N3O.2ClH/c1-9-7-11(4-6-14-9)15-12(16)10-3-2-5-13-8-10;;/h4,6-7,10,13H,2-3,5,8H2,1H3,(H,14,15,16);2*1H/t10-;;/m1../s1. The van der Waals surface area contributed by atoms with Crippen molar-refractivity contribution in [3.8, 4) is 0 Å². The zero-order valence-electron chi connectivity index (χ0n) is 10.3. The highest BCUT2D eigenvalue weighted by Gasteiger charge is 2.20. The Morgan fingerprint density at radius 2 is 2.28 bits per heavy atom. The molecule has 0 radical (unpaired) electrons. The number of nitrogens with zero attached hydrogens (tertiary/aromatic N) is 1. The first-order valence-corrected chi connectivity index (χ1v) is 5.70. The fourth-order valence-electron chi connectivity index (χ4n) is 1.94. The summed E-state index contributed by atoms with van der Waals surface area (Å²) in [7, 11) is 0. The van der Waals surface area contributed by atoms with Crippen LogP contribution in [0.5, 0.6) is 0 Å². The molecule has 2 N–H and O–H groups in total. The molecule has 1 fully saturated rings. The van der Waals surface area contributed by atoms with Gasteiger partial charge < -0.3 is 10.6 Å². The summed E-state index contributed by atoms with van der Waals surface area (Å²) in [5.74, 6) is 0.208. The summed E-state index contributed by atoms with van der Waals surface area (Å²) in [6.07, 6.45) is 3.76. The number of piperidine rings is 1. The molecule has 0 bridgehead atoms. The van der Waals surface area contributed by atoms with Crippen molar-refractivity contribution in [3.63, 3.8) is 0 Å². The number of anilines is 1. The molecule has 0 aliphatic carbocycles. The minimum atomic E-state index is 0. The van der Waals surface area contributed by atoms with E-state index in [0.29, 0.717) is 0 Å². The van der Waals surface area contributed by atoms with Crippen molar-refractivity contribution in [2.45, 2.75) is 19.8 Å². The minimum Gasteiger partial charge on any atom is -0.326 e. The van der Waals surface area contributed by atoms with Gasteiger partial charge in [0.15, 0.2) is 0 Å². The second kappa shape index (κ2) is 8.29. The van der Waals surface area contributed by atoms with Crippen molar-refractivity contribution in [2.75, 3.05) is 18.4 Å². The SMILES string of the molecule is Cc1cc(NC(=O)[C@@H]2CCCNC2)ccn1.Cl.Cl. The summed E-state index contributed by atoms with van der Waals surface area (Å²) < 4.78 is 0. The highest BCUT2D eigenvalue weighted by molar-refractivity contribution is 5.92. The van der Waals surface area contributed by atoms with Crippen molar-refractivity contribution in [3.05, 3.63) is 24.0 Å². The van der Waals surface area contributed by atoms with Crippen molar-refractivity contribution in [2.24, 2.45) is 5.92 Å². The molecule has 6 heteroatoms. The molecule has 1 aliphatic heterocycles. The molecule has 18 heavy (non-hydrogen) atoms. The van der Waals surface area contributed by atoms with E-state index in [-0.39, 0.29) is 36.6 Å². The van der Waals surface area contributed by atoms with Crippen molar-refractivity contribution < 1.29 is 4.79 Å². The summed E-state index contributed by atoms with van der Waals surface area (Å²) >= 11 is 0. The van der Waals surface area contributed by atoms with Gasteiger partial charge in [0.2, 0.25) is 5.91 Å². The second-order valence-electron chi connectivity index (χ2n) is 4.22. The summed E-state index contributed by atoms with van der Waals surface area (Å²) in [6, 6.07) is 3.70. The number of carbonyl (C=O) groups excluding carboxylic acids is 1. The van der Waals surface area contributed by atoms with Crippen molar-refractivity contribution in [1.82, 2.24) is 10.3 Å². The Morgan fingerprint density at radius 3 is 2.89 bits per heavy atom. The van der Waals surface area contributed by atoms with E-state index in [2.05, 4.69) is 15.6 Å². The van der Waals surface area contributed by atoms with E-state index in [4.69, 9.17) is 0 Å². The number of rotatable bonds is 2. The zero-order chi connectivity index (χ0) is 11.4. The van der Waals surface area contributed by atoms with Crippen LogP contribution >= 0.6 is 24.8 Å². The van der Waals surface area contributed by atoms with E-state index in [9.17, 15) is 4.79 Å². The largest absolute Gasteiger partial charge is 0.326 e. The van der Waals surface area contributed by atoms with E-state index < -0.39 is 0 Å². The monoisotopic (exact) mass is 291 g/mol. The first kappa shape index (κ1) is 17.2. The van der Waals surface area contributed by atoms with Crippen LogP contribution in [0.25, 0.3) is 0 Å². The average molecular weight is 292 g/mol. The maximum atomic E-state index is 11.9. The van der Waals surface area contributed by atoms with Gasteiger partial charge in [-0.25, -0.2) is 0 Å². The predicted octanol–water partition coefficient (Wildman–Crippen LogP) is 2.17. The number of amides is 1. The summed E-state index contributed by atoms with van der Waals surface area (Å²) in [5, 5.41) is 6.17. The lowest BCUT2D eigenvalue weighted by Crippen LogP contribution is -2.37. The molecule has 1 saturated heterocycles. The predicted molar refractivity (Wildman–Crippen MR) is 77.7 cm³/mol. The van der Waals surface area contributed by atoms with Gasteiger partial charge in [-0.2, -0.15) is 0 Å². The molecule has 0 aromatic carbocycles. The van der Waals surface area contributed by atoms with Crippen molar-refractivity contribution in [1.29, 1.82) is 0 Å². The third-order valence-electron chi connectivity index (χ3n) is 2.83. The summed E-state index contributed by atoms with van der Waals surface area (Å²) in [5.41, 5.74) is 1.75. The molecule has 1 aromatic rings. The highest BCUT2D eigenvalue weighted by atomic mass is 35.5. The lowest BCUT2D eigenvalue weighted by Gasteiger charge is -2.21. The van der Waals surface area contributed by atoms with Gasteiger partial charge in [0.1, 0.15) is 0 Å². The van der Waals surface area contributed by atoms with Gasteiger partial charge in [0.25, 0.3) is 0 Å². The Kier molecular flexibility index (Phi) is 7.91. The molecular weight excluding hydrogens is 273 g/mol. The second-order valence-corrected chi connectivity index (χ2v) is 4.22. The highest BCUT2D eigenvalue weighted by Crippen LogP contribution is 2.14. The van der Waals surface area contributed by atoms with Crippen LogP contribution in [0, 0.1) is 12.8 Å². The number of nitrogens with one attached hydrogen (secondary N) is 2. The number of carbonyl (C=O) groups is 1. The lowest BCUT2D eigenvalue weighted by molar-refractivity contribution is -0.120. The Balaban J connectivity index is 0.00000144. The van der Waals surface area contributed by atoms with Crippen LogP contribution in [-0.4, -0.2) is 24.0 Å². The van der Waals surface area contributed by atoms with Crippen molar-refractivity contribution >= 4 is 36.4 Å². The maximum Gasteiger partial charge on any atom is 0.228 e. The van der Waals surface area contributed by atoms with E-state index in [1.807, 2.05) is 19.1 Å². The minimum absolute atomic E-state index is 0. The van der Waals surface area contributed by atoms with Gasteiger partial charge in [-0.1, -0.05) is 0 Å². The number of hydrogen-bond acceptors (Lipinski definition) is 3. The van der Waals surface area contributed by atoms with Crippen LogP contribution in [0.15, 0.2) is 18.3 Å². The smallest absolute Gasteiger partial charge is 0.228 e. The van der Waals surface area contributed by atoms with E-state index in [1.165, 1.54) is 0 Å². The van der Waals surface area contributed by atoms with Gasteiger partial charge in [-0.05, 0) is 38.4 Å². The average Bonchev–Trinajstić information content (AvgIpc) is 2.30. The lowest BCUT2D eigenvalue weighted by atomic mass is 9.99. The normalized spacial score (nSPS) is 18.2. The van der Waals surface area contributed by atoms with Gasteiger partial charge in [-0.15, -0.1) is 24.8 Å². The number of aryl methyl sites for hydroxylation is 1. The third-order valence-corrected chi connectivity index (χ3v) is 2.83. The summed E-state index contributed by atoms with van der Waals surface area (Å²) in [6.45, 7) is 3.73. The number of hydrogen-bond donors (Lipinski definition) is 2. The number of aromatic nitrogens is 1. The van der Waals surface area contributed by atoms with E-state index in [1.54, 1.807) is 6.20 Å². The van der Waals surface area contributed by atoms with Crippen LogP contribution in [0.1, 0.15) is 18.5 Å². The first-order valence-electron chi connectivity index (χ1n) is 5.70. The molecule has 2 heterocycles. The number of halogens is 2. The van der Waals surface area contributed by atoms with Crippen LogP contribution in [0.4, 0.5) is 5.69 Å². The van der Waals surface area contributed by atoms with Gasteiger partial charge in [0.05, 0.1) is 5.92 Å². The van der Waals surface area contributed by atoms with Gasteiger partial charge in [0, 0.05) is 24.1 Å². The molecule has 1 aromatic heterocycles. The molecule has 0 spiro atoms. The molecule has 0 saturated carbocycles. The molecule has 0 unspecified atom stereocenters. The molecule has 4 nitrogen and oxygen atoms in total. The fraction of sp³-hybridized carbons (Fsp3) is 0.500. The van der Waals surface area contributed by atoms with E-state index in [0.717, 1.165) is 37.3 Å². The van der Waals surface area contributed by atoms with Gasteiger partial charge in [-0.3, -0.25) is 9.78 Å². The first-order chi connectivity index (χ1) is 7.75. The van der Waals surface area contributed by atoms with Crippen LogP contribution < -0.4 is 10.6 Å². The van der Waals surface area contributed by atoms with Crippen LogP contribution in [0.3, 0.4) is 0 Å².